The van der Waals surface area contributed by atoms with Crippen molar-refractivity contribution >= 4 is 0 Å². The number of alkyl halides is 1. The zero-order valence-electron chi connectivity index (χ0n) is 5.58. The van der Waals surface area contributed by atoms with Gasteiger partial charge in [0.25, 0.3) is 0 Å². The van der Waals surface area contributed by atoms with Crippen molar-refractivity contribution in [1.82, 2.24) is 0 Å². The molecule has 0 nitrogen and oxygen atoms in total. The molecule has 0 bridgehead atoms. The highest BCUT2D eigenvalue weighted by atomic mass is 19.1. The van der Waals surface area contributed by atoms with Gasteiger partial charge >= 0.3 is 0 Å². The van der Waals surface area contributed by atoms with Gasteiger partial charge in [0.05, 0.1) is 0 Å². The average molecular weight is 116 g/mol. The third-order valence-corrected chi connectivity index (χ3v) is 2.33. The fourth-order valence-corrected chi connectivity index (χ4v) is 1.30. The van der Waals surface area contributed by atoms with Crippen LogP contribution in [0.15, 0.2) is 0 Å². The van der Waals surface area contributed by atoms with Gasteiger partial charge in [-0.25, -0.2) is 4.39 Å². The van der Waals surface area contributed by atoms with E-state index in [1.54, 1.807) is 6.92 Å². The van der Waals surface area contributed by atoms with Gasteiger partial charge in [-0.05, 0) is 32.1 Å². The molecule has 1 aliphatic rings. The van der Waals surface area contributed by atoms with E-state index in [1.807, 2.05) is 6.92 Å². The summed E-state index contributed by atoms with van der Waals surface area (Å²) < 4.78 is 13.0. The number of rotatable bonds is 0. The van der Waals surface area contributed by atoms with Crippen molar-refractivity contribution in [3.8, 4) is 0 Å². The van der Waals surface area contributed by atoms with E-state index < -0.39 is 5.67 Å². The minimum atomic E-state index is -0.847. The fraction of sp³-hybridized carbons (Fsp3) is 1.00. The molecule has 8 heavy (non-hydrogen) atoms. The Bertz CT molecular complexity index is 86.4. The average Bonchev–Trinajstić information content (AvgIpc) is 1.86. The molecule has 0 aromatic rings. The monoisotopic (exact) mass is 116 g/mol. The molecule has 0 heterocycles. The van der Waals surface area contributed by atoms with Crippen molar-refractivity contribution < 1.29 is 4.39 Å². The van der Waals surface area contributed by atoms with E-state index in [9.17, 15) is 4.39 Å². The predicted octanol–water partition coefficient (Wildman–Crippen LogP) is 2.53. The van der Waals surface area contributed by atoms with Crippen LogP contribution >= 0.6 is 0 Å². The molecule has 1 aliphatic carbocycles. The summed E-state index contributed by atoms with van der Waals surface area (Å²) in [6.07, 6.45) is 2.93. The van der Waals surface area contributed by atoms with Crippen molar-refractivity contribution in [3.63, 3.8) is 0 Å². The van der Waals surface area contributed by atoms with Crippen LogP contribution in [0.3, 0.4) is 0 Å². The summed E-state index contributed by atoms with van der Waals surface area (Å²) in [6, 6.07) is 0. The molecule has 0 aromatic carbocycles. The summed E-state index contributed by atoms with van der Waals surface area (Å²) in [7, 11) is 0. The molecule has 2 atom stereocenters. The van der Waals surface area contributed by atoms with Gasteiger partial charge < -0.3 is 0 Å². The van der Waals surface area contributed by atoms with Gasteiger partial charge in [-0.3, -0.25) is 0 Å². The van der Waals surface area contributed by atoms with E-state index in [0.29, 0.717) is 5.92 Å². The molecule has 1 saturated carbocycles. The molecule has 0 spiro atoms. The lowest BCUT2D eigenvalue weighted by Gasteiger charge is -2.17. The molecule has 1 unspecified atom stereocenters. The van der Waals surface area contributed by atoms with Crippen LogP contribution in [0.2, 0.25) is 0 Å². The SMILES string of the molecule is CC1CCC[C@]1(C)F. The van der Waals surface area contributed by atoms with Crippen LogP contribution < -0.4 is 0 Å². The second-order valence-corrected chi connectivity index (χ2v) is 3.07. The summed E-state index contributed by atoms with van der Waals surface area (Å²) in [6.45, 7) is 3.71. The van der Waals surface area contributed by atoms with E-state index in [4.69, 9.17) is 0 Å². The number of hydrogen-bond acceptors (Lipinski definition) is 0. The second kappa shape index (κ2) is 1.71. The summed E-state index contributed by atoms with van der Waals surface area (Å²) in [5, 5.41) is 0. The third kappa shape index (κ3) is 0.862. The third-order valence-electron chi connectivity index (χ3n) is 2.33. The Kier molecular flexibility index (Phi) is 1.30. The second-order valence-electron chi connectivity index (χ2n) is 3.07. The quantitative estimate of drug-likeness (QED) is 0.456. The molecule has 0 radical (unpaired) electrons. The van der Waals surface area contributed by atoms with Gasteiger partial charge in [0.2, 0.25) is 0 Å². The van der Waals surface area contributed by atoms with Crippen molar-refractivity contribution in [3.05, 3.63) is 0 Å². The Labute approximate surface area is 50.1 Å². The summed E-state index contributed by atoms with van der Waals surface area (Å²) in [4.78, 5) is 0. The molecule has 0 saturated heterocycles. The van der Waals surface area contributed by atoms with Crippen molar-refractivity contribution in [1.29, 1.82) is 0 Å². The first-order chi connectivity index (χ1) is 3.63. The Morgan fingerprint density at radius 1 is 1.62 bits per heavy atom. The number of hydrogen-bond donors (Lipinski definition) is 0. The first-order valence-corrected chi connectivity index (χ1v) is 3.32. The van der Waals surface area contributed by atoms with Crippen molar-refractivity contribution in [2.24, 2.45) is 5.92 Å². The normalized spacial score (nSPS) is 47.6. The summed E-state index contributed by atoms with van der Waals surface area (Å²) in [5.74, 6) is 0.294. The highest BCUT2D eigenvalue weighted by molar-refractivity contribution is 4.85. The largest absolute Gasteiger partial charge is 0.244 e. The van der Waals surface area contributed by atoms with Crippen LogP contribution in [0.4, 0.5) is 4.39 Å². The maximum Gasteiger partial charge on any atom is 0.110 e. The minimum absolute atomic E-state index is 0.294. The van der Waals surface area contributed by atoms with Gasteiger partial charge in [-0.1, -0.05) is 6.92 Å². The first-order valence-electron chi connectivity index (χ1n) is 3.32. The molecule has 1 heteroatoms. The lowest BCUT2D eigenvalue weighted by molar-refractivity contribution is 0.144. The molecule has 1 rings (SSSR count). The molecular weight excluding hydrogens is 103 g/mol. The van der Waals surface area contributed by atoms with E-state index in [2.05, 4.69) is 0 Å². The topological polar surface area (TPSA) is 0 Å². The smallest absolute Gasteiger partial charge is 0.110 e. The first kappa shape index (κ1) is 6.06. The van der Waals surface area contributed by atoms with Crippen LogP contribution in [0, 0.1) is 5.92 Å². The van der Waals surface area contributed by atoms with Gasteiger partial charge in [-0.2, -0.15) is 0 Å². The van der Waals surface area contributed by atoms with Crippen LogP contribution in [-0.4, -0.2) is 5.67 Å². The van der Waals surface area contributed by atoms with E-state index >= 15 is 0 Å². The lowest BCUT2D eigenvalue weighted by atomic mass is 9.97. The Morgan fingerprint density at radius 3 is 2.38 bits per heavy atom. The molecule has 1 fully saturated rings. The van der Waals surface area contributed by atoms with Gasteiger partial charge in [0, 0.05) is 0 Å². The Balaban J connectivity index is 2.54. The zero-order valence-corrected chi connectivity index (χ0v) is 5.58. The van der Waals surface area contributed by atoms with E-state index in [0.717, 1.165) is 19.3 Å². The molecule has 0 aliphatic heterocycles. The van der Waals surface area contributed by atoms with Crippen LogP contribution in [-0.2, 0) is 0 Å². The van der Waals surface area contributed by atoms with Crippen LogP contribution in [0.5, 0.6) is 0 Å². The Morgan fingerprint density at radius 2 is 2.25 bits per heavy atom. The highest BCUT2D eigenvalue weighted by Crippen LogP contribution is 2.37. The molecule has 0 amide bonds. The number of halogens is 1. The van der Waals surface area contributed by atoms with Gasteiger partial charge in [-0.15, -0.1) is 0 Å². The fourth-order valence-electron chi connectivity index (χ4n) is 1.30. The molecule has 48 valence electrons. The molecule has 0 aromatic heterocycles. The van der Waals surface area contributed by atoms with Crippen molar-refractivity contribution in [2.45, 2.75) is 38.8 Å². The zero-order chi connectivity index (χ0) is 6.20. The minimum Gasteiger partial charge on any atom is -0.244 e. The summed E-state index contributed by atoms with van der Waals surface area (Å²) in [5.41, 5.74) is -0.847. The standard InChI is InChI=1S/C7H13F/c1-6-4-3-5-7(6,2)8/h6H,3-5H2,1-2H3/t6?,7-/m0/s1. The predicted molar refractivity (Wildman–Crippen MR) is 32.5 cm³/mol. The highest BCUT2D eigenvalue weighted by Gasteiger charge is 2.35. The maximum absolute atomic E-state index is 13.0. The Hall–Kier alpha value is -0.0700. The van der Waals surface area contributed by atoms with Gasteiger partial charge in [0.1, 0.15) is 5.67 Å². The van der Waals surface area contributed by atoms with Crippen LogP contribution in [0.25, 0.3) is 0 Å². The molecular formula is C7H13F. The van der Waals surface area contributed by atoms with E-state index in [-0.39, 0.29) is 0 Å². The molecule has 0 N–H and O–H groups in total. The summed E-state index contributed by atoms with van der Waals surface area (Å²) >= 11 is 0. The van der Waals surface area contributed by atoms with Crippen molar-refractivity contribution in [2.75, 3.05) is 0 Å². The van der Waals surface area contributed by atoms with E-state index in [1.165, 1.54) is 0 Å². The maximum atomic E-state index is 13.0. The van der Waals surface area contributed by atoms with Gasteiger partial charge in [0.15, 0.2) is 0 Å². The van der Waals surface area contributed by atoms with Crippen LogP contribution in [0.1, 0.15) is 33.1 Å². The lowest BCUT2D eigenvalue weighted by Crippen LogP contribution is -2.19.